The summed E-state index contributed by atoms with van der Waals surface area (Å²) in [6.07, 6.45) is 0.800. The highest BCUT2D eigenvalue weighted by atomic mass is 16.5. The SMILES string of the molecule is COc1cccc(-c2[nH]c3ccccc3c2[C@H]2c3ccccc3C(=O)N2CCc2ccccc2)c1. The number of nitrogens with zero attached hydrogens (tertiary/aromatic N) is 1. The lowest BCUT2D eigenvalue weighted by Gasteiger charge is -2.27. The second kappa shape index (κ2) is 8.80. The minimum atomic E-state index is -0.181. The molecule has 0 bridgehead atoms. The van der Waals surface area contributed by atoms with E-state index >= 15 is 0 Å². The number of carbonyl (C=O) groups is 1. The number of aromatic nitrogens is 1. The highest BCUT2D eigenvalue weighted by Gasteiger charge is 2.39. The van der Waals surface area contributed by atoms with Gasteiger partial charge < -0.3 is 14.6 Å². The molecule has 172 valence electrons. The minimum absolute atomic E-state index is 0.0865. The summed E-state index contributed by atoms with van der Waals surface area (Å²) < 4.78 is 5.52. The van der Waals surface area contributed by atoms with Gasteiger partial charge in [-0.1, -0.05) is 78.9 Å². The topological polar surface area (TPSA) is 45.3 Å². The van der Waals surface area contributed by atoms with E-state index in [-0.39, 0.29) is 11.9 Å². The van der Waals surface area contributed by atoms with Crippen LogP contribution in [0.5, 0.6) is 5.75 Å². The highest BCUT2D eigenvalue weighted by Crippen LogP contribution is 2.45. The van der Waals surface area contributed by atoms with E-state index in [4.69, 9.17) is 4.74 Å². The van der Waals surface area contributed by atoms with E-state index in [2.05, 4.69) is 47.4 Å². The number of methoxy groups -OCH3 is 1. The number of carbonyl (C=O) groups excluding carboxylic acids is 1. The molecule has 1 aliphatic heterocycles. The van der Waals surface area contributed by atoms with Crippen molar-refractivity contribution in [2.75, 3.05) is 13.7 Å². The standard InChI is InChI=1S/C31H26N2O2/c1-35-23-13-9-12-22(20-23)29-28(26-16-7-8-17-27(26)32-29)30-24-14-5-6-15-25(24)31(34)33(30)19-18-21-10-3-2-4-11-21/h2-17,20,30,32H,18-19H2,1H3/t30-/m1/s1. The fraction of sp³-hybridized carbons (Fsp3) is 0.129. The third kappa shape index (κ3) is 3.68. The monoisotopic (exact) mass is 458 g/mol. The molecule has 4 nitrogen and oxygen atoms in total. The van der Waals surface area contributed by atoms with Gasteiger partial charge in [-0.3, -0.25) is 4.79 Å². The van der Waals surface area contributed by atoms with Crippen molar-refractivity contribution in [1.29, 1.82) is 0 Å². The van der Waals surface area contributed by atoms with Gasteiger partial charge in [-0.05, 0) is 41.8 Å². The molecule has 2 heterocycles. The molecule has 4 aromatic carbocycles. The first kappa shape index (κ1) is 21.2. The van der Waals surface area contributed by atoms with Gasteiger partial charge in [-0.2, -0.15) is 0 Å². The van der Waals surface area contributed by atoms with Crippen molar-refractivity contribution < 1.29 is 9.53 Å². The fourth-order valence-electron chi connectivity index (χ4n) is 5.26. The molecule has 0 unspecified atom stereocenters. The summed E-state index contributed by atoms with van der Waals surface area (Å²) in [4.78, 5) is 19.4. The molecule has 1 atom stereocenters. The Bertz CT molecular complexity index is 1520. The van der Waals surface area contributed by atoms with E-state index in [1.54, 1.807) is 7.11 Å². The van der Waals surface area contributed by atoms with Crippen LogP contribution in [0.15, 0.2) is 103 Å². The number of aromatic amines is 1. The zero-order valence-corrected chi connectivity index (χ0v) is 19.6. The number of rotatable bonds is 6. The lowest BCUT2D eigenvalue weighted by atomic mass is 9.93. The van der Waals surface area contributed by atoms with Crippen LogP contribution in [-0.2, 0) is 6.42 Å². The summed E-state index contributed by atoms with van der Waals surface area (Å²) in [6, 6.07) is 34.6. The van der Waals surface area contributed by atoms with Gasteiger partial charge in [0, 0.05) is 34.1 Å². The van der Waals surface area contributed by atoms with Crippen molar-refractivity contribution >= 4 is 16.8 Å². The first-order valence-electron chi connectivity index (χ1n) is 11.9. The predicted octanol–water partition coefficient (Wildman–Crippen LogP) is 6.63. The lowest BCUT2D eigenvalue weighted by molar-refractivity contribution is 0.0753. The third-order valence-electron chi connectivity index (χ3n) is 6.92. The molecule has 0 saturated heterocycles. The van der Waals surface area contributed by atoms with Crippen molar-refractivity contribution in [3.05, 3.63) is 125 Å². The molecule has 0 aliphatic carbocycles. The Balaban J connectivity index is 1.53. The highest BCUT2D eigenvalue weighted by molar-refractivity contribution is 6.02. The Hall–Kier alpha value is -4.31. The number of hydrogen-bond donors (Lipinski definition) is 1. The summed E-state index contributed by atoms with van der Waals surface area (Å²) in [5.41, 5.74) is 7.30. The first-order chi connectivity index (χ1) is 17.2. The van der Waals surface area contributed by atoms with Gasteiger partial charge in [0.1, 0.15) is 5.75 Å². The number of H-pyrrole nitrogens is 1. The van der Waals surface area contributed by atoms with Crippen LogP contribution >= 0.6 is 0 Å². The molecule has 35 heavy (non-hydrogen) atoms. The predicted molar refractivity (Wildman–Crippen MR) is 140 cm³/mol. The second-order valence-electron chi connectivity index (χ2n) is 8.92. The first-order valence-corrected chi connectivity index (χ1v) is 11.9. The molecule has 6 rings (SSSR count). The zero-order valence-electron chi connectivity index (χ0n) is 19.6. The van der Waals surface area contributed by atoms with Crippen molar-refractivity contribution in [3.8, 4) is 17.0 Å². The molecule has 0 saturated carbocycles. The van der Waals surface area contributed by atoms with E-state index < -0.39 is 0 Å². The molecule has 5 aromatic rings. The van der Waals surface area contributed by atoms with Crippen molar-refractivity contribution in [3.63, 3.8) is 0 Å². The Labute approximate surface area is 204 Å². The fourth-order valence-corrected chi connectivity index (χ4v) is 5.26. The van der Waals surface area contributed by atoms with Gasteiger partial charge in [0.15, 0.2) is 0 Å². The number of hydrogen-bond acceptors (Lipinski definition) is 2. The van der Waals surface area contributed by atoms with Gasteiger partial charge in [-0.15, -0.1) is 0 Å². The number of para-hydroxylation sites is 1. The van der Waals surface area contributed by atoms with Crippen LogP contribution in [0.25, 0.3) is 22.2 Å². The summed E-state index contributed by atoms with van der Waals surface area (Å²) >= 11 is 0. The Morgan fingerprint density at radius 1 is 0.857 bits per heavy atom. The summed E-state index contributed by atoms with van der Waals surface area (Å²) in [6.45, 7) is 0.638. The number of amides is 1. The molecule has 1 aliphatic rings. The Morgan fingerprint density at radius 3 is 2.49 bits per heavy atom. The lowest BCUT2D eigenvalue weighted by Crippen LogP contribution is -2.31. The van der Waals surface area contributed by atoms with Crippen molar-refractivity contribution in [2.24, 2.45) is 0 Å². The Morgan fingerprint density at radius 2 is 1.63 bits per heavy atom. The van der Waals surface area contributed by atoms with E-state index in [1.807, 2.05) is 65.6 Å². The van der Waals surface area contributed by atoms with Crippen LogP contribution < -0.4 is 4.74 Å². The number of benzene rings is 4. The summed E-state index contributed by atoms with van der Waals surface area (Å²) in [7, 11) is 1.68. The van der Waals surface area contributed by atoms with Crippen LogP contribution in [0, 0.1) is 0 Å². The summed E-state index contributed by atoms with van der Waals surface area (Å²) in [5, 5.41) is 1.13. The van der Waals surface area contributed by atoms with Gasteiger partial charge in [0.25, 0.3) is 5.91 Å². The third-order valence-corrected chi connectivity index (χ3v) is 6.92. The van der Waals surface area contributed by atoms with Crippen LogP contribution in [0.2, 0.25) is 0 Å². The molecule has 1 N–H and O–H groups in total. The van der Waals surface area contributed by atoms with Crippen molar-refractivity contribution in [1.82, 2.24) is 9.88 Å². The molecular formula is C31H26N2O2. The molecule has 1 amide bonds. The van der Waals surface area contributed by atoms with Crippen LogP contribution in [0.1, 0.15) is 33.1 Å². The molecule has 0 radical (unpaired) electrons. The maximum absolute atomic E-state index is 13.7. The van der Waals surface area contributed by atoms with Crippen LogP contribution in [0.3, 0.4) is 0 Å². The zero-order chi connectivity index (χ0) is 23.8. The van der Waals surface area contributed by atoms with E-state index in [0.29, 0.717) is 6.54 Å². The van der Waals surface area contributed by atoms with Gasteiger partial charge in [0.05, 0.1) is 18.8 Å². The maximum Gasteiger partial charge on any atom is 0.255 e. The summed E-state index contributed by atoms with van der Waals surface area (Å²) in [5.74, 6) is 0.888. The molecular weight excluding hydrogens is 432 g/mol. The molecule has 0 spiro atoms. The average molecular weight is 459 g/mol. The van der Waals surface area contributed by atoms with Crippen LogP contribution in [0.4, 0.5) is 0 Å². The normalized spacial score (nSPS) is 14.9. The van der Waals surface area contributed by atoms with Gasteiger partial charge in [0.2, 0.25) is 0 Å². The van der Waals surface area contributed by atoms with E-state index in [1.165, 1.54) is 5.56 Å². The molecule has 4 heteroatoms. The maximum atomic E-state index is 13.7. The van der Waals surface area contributed by atoms with Crippen LogP contribution in [-0.4, -0.2) is 29.4 Å². The van der Waals surface area contributed by atoms with E-state index in [0.717, 1.165) is 51.0 Å². The average Bonchev–Trinajstić information content (AvgIpc) is 3.43. The number of fused-ring (bicyclic) bond motifs is 2. The largest absolute Gasteiger partial charge is 0.497 e. The van der Waals surface area contributed by atoms with E-state index in [9.17, 15) is 4.79 Å². The second-order valence-corrected chi connectivity index (χ2v) is 8.92. The quantitative estimate of drug-likeness (QED) is 0.310. The minimum Gasteiger partial charge on any atom is -0.497 e. The Kier molecular flexibility index (Phi) is 5.34. The number of ether oxygens (including phenoxy) is 1. The van der Waals surface area contributed by atoms with Crippen molar-refractivity contribution in [2.45, 2.75) is 12.5 Å². The van der Waals surface area contributed by atoms with Gasteiger partial charge >= 0.3 is 0 Å². The molecule has 0 fully saturated rings. The van der Waals surface area contributed by atoms with Gasteiger partial charge in [-0.25, -0.2) is 0 Å². The molecule has 1 aromatic heterocycles. The number of nitrogens with one attached hydrogen (secondary N) is 1. The smallest absolute Gasteiger partial charge is 0.255 e.